The Morgan fingerprint density at radius 2 is 2.25 bits per heavy atom. The summed E-state index contributed by atoms with van der Waals surface area (Å²) in [6.07, 6.45) is 0.729. The molecular formula is C10H13NO. The molecule has 1 N–H and O–H groups in total. The van der Waals surface area contributed by atoms with E-state index < -0.39 is 0 Å². The molecule has 0 radical (unpaired) electrons. The molecule has 0 aliphatic rings. The number of carbonyl (C=O) groups excluding carboxylic acids is 1. The van der Waals surface area contributed by atoms with Crippen LogP contribution in [0.1, 0.15) is 24.1 Å². The first-order valence-electron chi connectivity index (χ1n) is 4.00. The van der Waals surface area contributed by atoms with E-state index in [0.29, 0.717) is 0 Å². The summed E-state index contributed by atoms with van der Waals surface area (Å²) in [5, 5.41) is 2.71. The van der Waals surface area contributed by atoms with Crippen molar-refractivity contribution in [3.63, 3.8) is 0 Å². The van der Waals surface area contributed by atoms with Gasteiger partial charge in [0.15, 0.2) is 0 Å². The summed E-state index contributed by atoms with van der Waals surface area (Å²) in [4.78, 5) is 10.2. The predicted octanol–water partition coefficient (Wildman–Crippen LogP) is 1.80. The molecule has 0 saturated heterocycles. The molecule has 1 amide bonds. The SMILES string of the molecule is Cc1cccc(C(C)NC=O)c1. The van der Waals surface area contributed by atoms with Crippen molar-refractivity contribution in [2.24, 2.45) is 0 Å². The van der Waals surface area contributed by atoms with Crippen LogP contribution in [-0.2, 0) is 4.79 Å². The lowest BCUT2D eigenvalue weighted by atomic mass is 10.1. The highest BCUT2D eigenvalue weighted by Gasteiger charge is 2.01. The number of hydrogen-bond acceptors (Lipinski definition) is 1. The molecular weight excluding hydrogens is 150 g/mol. The predicted molar refractivity (Wildman–Crippen MR) is 48.8 cm³/mol. The van der Waals surface area contributed by atoms with Gasteiger partial charge in [-0.1, -0.05) is 29.8 Å². The van der Waals surface area contributed by atoms with Gasteiger partial charge < -0.3 is 5.32 Å². The van der Waals surface area contributed by atoms with Crippen molar-refractivity contribution in [2.45, 2.75) is 19.9 Å². The molecule has 0 fully saturated rings. The zero-order valence-corrected chi connectivity index (χ0v) is 7.37. The first-order chi connectivity index (χ1) is 5.74. The zero-order chi connectivity index (χ0) is 8.97. The average molecular weight is 163 g/mol. The minimum absolute atomic E-state index is 0.0994. The Morgan fingerprint density at radius 1 is 1.50 bits per heavy atom. The lowest BCUT2D eigenvalue weighted by Gasteiger charge is -2.10. The Balaban J connectivity index is 2.80. The van der Waals surface area contributed by atoms with Crippen LogP contribution < -0.4 is 5.32 Å². The van der Waals surface area contributed by atoms with E-state index in [9.17, 15) is 4.79 Å². The minimum atomic E-state index is 0.0994. The molecule has 0 aliphatic carbocycles. The molecule has 0 bridgehead atoms. The number of carbonyl (C=O) groups is 1. The van der Waals surface area contributed by atoms with E-state index in [0.717, 1.165) is 12.0 Å². The van der Waals surface area contributed by atoms with Gasteiger partial charge >= 0.3 is 0 Å². The van der Waals surface area contributed by atoms with Crippen molar-refractivity contribution >= 4 is 6.41 Å². The Hall–Kier alpha value is -1.31. The molecule has 0 spiro atoms. The van der Waals surface area contributed by atoms with Crippen molar-refractivity contribution in [1.82, 2.24) is 5.32 Å². The molecule has 1 rings (SSSR count). The first kappa shape index (κ1) is 8.78. The molecule has 64 valence electrons. The molecule has 1 atom stereocenters. The monoisotopic (exact) mass is 163 g/mol. The maximum atomic E-state index is 10.2. The molecule has 1 aromatic rings. The third-order valence-corrected chi connectivity index (χ3v) is 1.86. The van der Waals surface area contributed by atoms with Crippen LogP contribution in [0.2, 0.25) is 0 Å². The normalized spacial score (nSPS) is 12.2. The van der Waals surface area contributed by atoms with E-state index in [-0.39, 0.29) is 6.04 Å². The Kier molecular flexibility index (Phi) is 2.86. The standard InChI is InChI=1S/C10H13NO/c1-8-4-3-5-10(6-8)9(2)11-7-12/h3-7,9H,1-2H3,(H,11,12). The van der Waals surface area contributed by atoms with Crippen LogP contribution in [0.15, 0.2) is 24.3 Å². The van der Waals surface area contributed by atoms with E-state index in [1.54, 1.807) is 0 Å². The Bertz CT molecular complexity index is 270. The zero-order valence-electron chi connectivity index (χ0n) is 7.37. The van der Waals surface area contributed by atoms with Crippen LogP contribution >= 0.6 is 0 Å². The summed E-state index contributed by atoms with van der Waals surface area (Å²) in [5.41, 5.74) is 2.36. The number of hydrogen-bond donors (Lipinski definition) is 1. The van der Waals surface area contributed by atoms with Crippen molar-refractivity contribution in [3.05, 3.63) is 35.4 Å². The first-order valence-corrected chi connectivity index (χ1v) is 4.00. The van der Waals surface area contributed by atoms with Gasteiger partial charge in [0.05, 0.1) is 6.04 Å². The van der Waals surface area contributed by atoms with Crippen LogP contribution in [0, 0.1) is 6.92 Å². The van der Waals surface area contributed by atoms with Crippen LogP contribution in [0.25, 0.3) is 0 Å². The summed E-state index contributed by atoms with van der Waals surface area (Å²) < 4.78 is 0. The number of aryl methyl sites for hydroxylation is 1. The van der Waals surface area contributed by atoms with Crippen molar-refractivity contribution in [1.29, 1.82) is 0 Å². The van der Waals surface area contributed by atoms with Gasteiger partial charge in [-0.05, 0) is 19.4 Å². The fourth-order valence-corrected chi connectivity index (χ4v) is 1.14. The smallest absolute Gasteiger partial charge is 0.207 e. The Morgan fingerprint density at radius 3 is 2.83 bits per heavy atom. The second-order valence-corrected chi connectivity index (χ2v) is 2.92. The number of nitrogens with one attached hydrogen (secondary N) is 1. The molecule has 2 heteroatoms. The van der Waals surface area contributed by atoms with E-state index in [1.807, 2.05) is 32.0 Å². The summed E-state index contributed by atoms with van der Waals surface area (Å²) in [6.45, 7) is 4.00. The van der Waals surface area contributed by atoms with Crippen molar-refractivity contribution in [3.8, 4) is 0 Å². The number of amides is 1. The van der Waals surface area contributed by atoms with Crippen LogP contribution in [0.4, 0.5) is 0 Å². The molecule has 12 heavy (non-hydrogen) atoms. The van der Waals surface area contributed by atoms with Gasteiger partial charge in [-0.3, -0.25) is 4.79 Å². The van der Waals surface area contributed by atoms with Crippen molar-refractivity contribution < 1.29 is 4.79 Å². The molecule has 0 heterocycles. The summed E-state index contributed by atoms with van der Waals surface area (Å²) in [5.74, 6) is 0. The average Bonchev–Trinajstić information content (AvgIpc) is 2.05. The van der Waals surface area contributed by atoms with Gasteiger partial charge in [0.1, 0.15) is 0 Å². The third kappa shape index (κ3) is 2.09. The Labute approximate surface area is 72.6 Å². The molecule has 0 aliphatic heterocycles. The van der Waals surface area contributed by atoms with Crippen LogP contribution in [-0.4, -0.2) is 6.41 Å². The highest BCUT2D eigenvalue weighted by Crippen LogP contribution is 2.12. The van der Waals surface area contributed by atoms with E-state index >= 15 is 0 Å². The number of rotatable bonds is 3. The van der Waals surface area contributed by atoms with Gasteiger partial charge in [-0.2, -0.15) is 0 Å². The number of benzene rings is 1. The third-order valence-electron chi connectivity index (χ3n) is 1.86. The van der Waals surface area contributed by atoms with Gasteiger partial charge in [-0.25, -0.2) is 0 Å². The minimum Gasteiger partial charge on any atom is -0.352 e. The van der Waals surface area contributed by atoms with Gasteiger partial charge in [0, 0.05) is 0 Å². The summed E-state index contributed by atoms with van der Waals surface area (Å²) in [7, 11) is 0. The molecule has 1 unspecified atom stereocenters. The fourth-order valence-electron chi connectivity index (χ4n) is 1.14. The van der Waals surface area contributed by atoms with Gasteiger partial charge in [0.2, 0.25) is 6.41 Å². The second-order valence-electron chi connectivity index (χ2n) is 2.92. The fraction of sp³-hybridized carbons (Fsp3) is 0.300. The second kappa shape index (κ2) is 3.90. The topological polar surface area (TPSA) is 29.1 Å². The quantitative estimate of drug-likeness (QED) is 0.676. The van der Waals surface area contributed by atoms with Crippen molar-refractivity contribution in [2.75, 3.05) is 0 Å². The maximum absolute atomic E-state index is 10.2. The summed E-state index contributed by atoms with van der Waals surface area (Å²) >= 11 is 0. The maximum Gasteiger partial charge on any atom is 0.207 e. The highest BCUT2D eigenvalue weighted by molar-refractivity contribution is 5.47. The highest BCUT2D eigenvalue weighted by atomic mass is 16.1. The van der Waals surface area contributed by atoms with Gasteiger partial charge in [0.25, 0.3) is 0 Å². The molecule has 1 aromatic carbocycles. The van der Waals surface area contributed by atoms with E-state index in [4.69, 9.17) is 0 Å². The van der Waals surface area contributed by atoms with Crippen LogP contribution in [0.5, 0.6) is 0 Å². The summed E-state index contributed by atoms with van der Waals surface area (Å²) in [6, 6.07) is 8.21. The molecule has 0 saturated carbocycles. The lowest BCUT2D eigenvalue weighted by Crippen LogP contribution is -2.15. The lowest BCUT2D eigenvalue weighted by molar-refractivity contribution is -0.110. The van der Waals surface area contributed by atoms with Crippen LogP contribution in [0.3, 0.4) is 0 Å². The van der Waals surface area contributed by atoms with Gasteiger partial charge in [-0.15, -0.1) is 0 Å². The molecule has 0 aromatic heterocycles. The largest absolute Gasteiger partial charge is 0.352 e. The van der Waals surface area contributed by atoms with E-state index in [1.165, 1.54) is 5.56 Å². The van der Waals surface area contributed by atoms with E-state index in [2.05, 4.69) is 11.4 Å². The molecule has 2 nitrogen and oxygen atoms in total.